The maximum absolute atomic E-state index is 13.2. The maximum Gasteiger partial charge on any atom is 0.374 e. The predicted octanol–water partition coefficient (Wildman–Crippen LogP) is 1.34. The molecular formula is C14H18N2O12P4. The van der Waals surface area contributed by atoms with Crippen LogP contribution in [0.1, 0.15) is 11.1 Å². The normalized spacial score (nSPS) is 33.7. The van der Waals surface area contributed by atoms with E-state index in [-0.39, 0.29) is 11.1 Å². The molecule has 3 rings (SSSR count). The molecule has 0 bridgehead atoms. The van der Waals surface area contributed by atoms with Crippen molar-refractivity contribution in [1.82, 2.24) is 9.97 Å². The van der Waals surface area contributed by atoms with Gasteiger partial charge in [0.15, 0.2) is 0 Å². The van der Waals surface area contributed by atoms with Crippen LogP contribution in [0.5, 0.6) is 0 Å². The molecule has 0 radical (unpaired) electrons. The molecule has 2 aromatic heterocycles. The van der Waals surface area contributed by atoms with Crippen molar-refractivity contribution in [3.63, 3.8) is 0 Å². The predicted molar refractivity (Wildman–Crippen MR) is 107 cm³/mol. The van der Waals surface area contributed by atoms with Gasteiger partial charge in [0.2, 0.25) is 0 Å². The van der Waals surface area contributed by atoms with E-state index < -0.39 is 53.4 Å². The van der Waals surface area contributed by atoms with Gasteiger partial charge in [-0.25, -0.2) is 0 Å². The third-order valence-electron chi connectivity index (χ3n) is 4.65. The van der Waals surface area contributed by atoms with Crippen LogP contribution in [-0.4, -0.2) is 49.5 Å². The van der Waals surface area contributed by atoms with Crippen molar-refractivity contribution in [3.8, 4) is 0 Å². The Hall–Kier alpha value is -1.10. The molecule has 2 aromatic rings. The molecule has 4 unspecified atom stereocenters. The van der Waals surface area contributed by atoms with Crippen LogP contribution in [-0.2, 0) is 40.1 Å². The van der Waals surface area contributed by atoms with Crippen molar-refractivity contribution in [3.05, 3.63) is 60.2 Å². The molecule has 0 aromatic carbocycles. The van der Waals surface area contributed by atoms with Gasteiger partial charge in [0.25, 0.3) is 10.2 Å². The molecule has 176 valence electrons. The van der Waals surface area contributed by atoms with Crippen molar-refractivity contribution in [2.45, 2.75) is 23.0 Å². The second-order valence-corrected chi connectivity index (χ2v) is 15.1. The zero-order chi connectivity index (χ0) is 24.1. The molecule has 32 heavy (non-hydrogen) atoms. The number of hydrogen-bond donors (Lipinski definition) is 6. The lowest BCUT2D eigenvalue weighted by molar-refractivity contribution is 0.0392. The van der Waals surface area contributed by atoms with Crippen molar-refractivity contribution in [1.29, 1.82) is 0 Å². The highest BCUT2D eigenvalue weighted by Gasteiger charge is 2.79. The Morgan fingerprint density at radius 3 is 1.38 bits per heavy atom. The Morgan fingerprint density at radius 2 is 1.12 bits per heavy atom. The molecule has 4 atom stereocenters. The number of pyridine rings is 2. The van der Waals surface area contributed by atoms with Crippen LogP contribution in [0.3, 0.4) is 0 Å². The van der Waals surface area contributed by atoms with E-state index in [1.807, 2.05) is 0 Å². The monoisotopic (exact) mass is 530 g/mol. The molecule has 14 nitrogen and oxygen atoms in total. The third kappa shape index (κ3) is 4.23. The molecule has 6 N–H and O–H groups in total. The molecule has 0 aliphatic carbocycles. The Bertz CT molecular complexity index is 1090. The fourth-order valence-corrected chi connectivity index (χ4v) is 11.7. The van der Waals surface area contributed by atoms with Crippen LogP contribution < -0.4 is 0 Å². The zero-order valence-electron chi connectivity index (χ0n) is 15.8. The minimum Gasteiger partial charge on any atom is -0.322 e. The first-order valence-electron chi connectivity index (χ1n) is 8.53. The van der Waals surface area contributed by atoms with Crippen LogP contribution in [0.15, 0.2) is 49.1 Å². The lowest BCUT2D eigenvalue weighted by Gasteiger charge is -2.49. The Labute approximate surface area is 180 Å². The standard InChI is InChI=1S/C14H18N2O12P4/c17-29(18,19)13(7-11-3-1-5-15-9-11)27-32(25,26)14(30(20,21)22,28-31(13,23)24)8-12-4-2-6-16-10-12/h1-6,9-10H,7-8H2,(H,23,24)(H,25,26)(H2,17,18,19)(H2,20,21,22). The molecule has 3 heterocycles. The highest BCUT2D eigenvalue weighted by Crippen LogP contribution is 2.89. The zero-order valence-corrected chi connectivity index (χ0v) is 19.4. The van der Waals surface area contributed by atoms with Gasteiger partial charge in [0.05, 0.1) is 0 Å². The minimum absolute atomic E-state index is 0.0929. The van der Waals surface area contributed by atoms with E-state index in [0.717, 1.165) is 12.4 Å². The van der Waals surface area contributed by atoms with E-state index in [1.165, 1.54) is 36.7 Å². The van der Waals surface area contributed by atoms with E-state index in [9.17, 15) is 47.6 Å². The van der Waals surface area contributed by atoms with Crippen molar-refractivity contribution in [2.24, 2.45) is 0 Å². The molecule has 1 fully saturated rings. The van der Waals surface area contributed by atoms with E-state index >= 15 is 0 Å². The molecule has 18 heteroatoms. The van der Waals surface area contributed by atoms with E-state index in [1.54, 1.807) is 0 Å². The molecule has 1 aliphatic heterocycles. The van der Waals surface area contributed by atoms with Gasteiger partial charge < -0.3 is 29.4 Å². The van der Waals surface area contributed by atoms with Crippen LogP contribution in [0.2, 0.25) is 0 Å². The topological polar surface area (TPSA) is 234 Å². The number of nitrogens with zero attached hydrogens (tertiary/aromatic N) is 2. The molecule has 1 aliphatic rings. The molecule has 1 saturated heterocycles. The summed E-state index contributed by atoms with van der Waals surface area (Å²) in [6.45, 7) is 0. The smallest absolute Gasteiger partial charge is 0.322 e. The van der Waals surface area contributed by atoms with Crippen molar-refractivity contribution >= 4 is 30.4 Å². The van der Waals surface area contributed by atoms with Crippen LogP contribution in [0.4, 0.5) is 0 Å². The van der Waals surface area contributed by atoms with Crippen LogP contribution in [0.25, 0.3) is 0 Å². The molecule has 0 saturated carbocycles. The first-order chi connectivity index (χ1) is 14.6. The number of rotatable bonds is 6. The summed E-state index contributed by atoms with van der Waals surface area (Å²) in [5.41, 5.74) is -0.186. The van der Waals surface area contributed by atoms with Gasteiger partial charge >= 0.3 is 30.4 Å². The second kappa shape index (κ2) is 8.29. The highest BCUT2D eigenvalue weighted by atomic mass is 31.3. The fraction of sp³-hybridized carbons (Fsp3) is 0.286. The number of aromatic nitrogens is 2. The lowest BCUT2D eigenvalue weighted by atomic mass is 10.2. The van der Waals surface area contributed by atoms with E-state index in [2.05, 4.69) is 9.97 Å². The van der Waals surface area contributed by atoms with Gasteiger partial charge in [0, 0.05) is 37.6 Å². The summed E-state index contributed by atoms with van der Waals surface area (Å²) in [7, 11) is -23.6. The Balaban J connectivity index is 2.23. The van der Waals surface area contributed by atoms with Crippen molar-refractivity contribution < 1.29 is 56.7 Å². The molecular weight excluding hydrogens is 512 g/mol. The maximum atomic E-state index is 13.2. The first-order valence-corrected chi connectivity index (χ1v) is 14.9. The van der Waals surface area contributed by atoms with Gasteiger partial charge in [-0.15, -0.1) is 0 Å². The Kier molecular flexibility index (Phi) is 6.61. The van der Waals surface area contributed by atoms with E-state index in [4.69, 9.17) is 9.05 Å². The average Bonchev–Trinajstić information content (AvgIpc) is 2.65. The van der Waals surface area contributed by atoms with Crippen LogP contribution in [0, 0.1) is 0 Å². The first kappa shape index (κ1) is 25.5. The average molecular weight is 530 g/mol. The summed E-state index contributed by atoms with van der Waals surface area (Å²) in [5, 5.41) is -7.28. The van der Waals surface area contributed by atoms with Gasteiger partial charge in [0.1, 0.15) is 0 Å². The van der Waals surface area contributed by atoms with Gasteiger partial charge in [-0.05, 0) is 23.3 Å². The molecule has 0 spiro atoms. The third-order valence-corrected chi connectivity index (χ3v) is 14.0. The van der Waals surface area contributed by atoms with E-state index in [0.29, 0.717) is 0 Å². The summed E-state index contributed by atoms with van der Waals surface area (Å²) in [5.74, 6) is 0. The fourth-order valence-electron chi connectivity index (χ4n) is 3.09. The number of hydrogen-bond acceptors (Lipinski definition) is 8. The van der Waals surface area contributed by atoms with Gasteiger partial charge in [-0.3, -0.25) is 37.3 Å². The Morgan fingerprint density at radius 1 is 0.781 bits per heavy atom. The highest BCUT2D eigenvalue weighted by molar-refractivity contribution is 7.78. The largest absolute Gasteiger partial charge is 0.374 e. The summed E-state index contributed by atoms with van der Waals surface area (Å²) in [4.78, 5) is 68.2. The summed E-state index contributed by atoms with van der Waals surface area (Å²) in [6, 6.07) is 5.10. The second-order valence-electron chi connectivity index (χ2n) is 6.87. The minimum atomic E-state index is -5.92. The van der Waals surface area contributed by atoms with Crippen LogP contribution >= 0.6 is 30.4 Å². The summed E-state index contributed by atoms with van der Waals surface area (Å²) >= 11 is 0. The lowest BCUT2D eigenvalue weighted by Crippen LogP contribution is -2.48. The molecule has 0 amide bonds. The van der Waals surface area contributed by atoms with Gasteiger partial charge in [-0.1, -0.05) is 12.1 Å². The summed E-state index contributed by atoms with van der Waals surface area (Å²) in [6.07, 6.45) is 2.40. The SMILES string of the molecule is O=P(O)(O)C1(Cc2cccnc2)OP(=O)(O)C(Cc2cccnc2)(P(=O)(O)O)OP1(=O)O. The summed E-state index contributed by atoms with van der Waals surface area (Å²) < 4.78 is 60.5. The van der Waals surface area contributed by atoms with Crippen molar-refractivity contribution in [2.75, 3.05) is 0 Å². The van der Waals surface area contributed by atoms with Gasteiger partial charge in [-0.2, -0.15) is 0 Å². The quantitative estimate of drug-likeness (QED) is 0.289.